The average molecular weight is 269 g/mol. The highest BCUT2D eigenvalue weighted by molar-refractivity contribution is 5.86. The fourth-order valence-electron chi connectivity index (χ4n) is 1.77. The zero-order chi connectivity index (χ0) is 13.9. The number of carbonyl (C=O) groups is 2. The molecule has 1 aromatic heterocycles. The molecule has 0 aromatic carbocycles. The van der Waals surface area contributed by atoms with Crippen LogP contribution in [0.15, 0.2) is 6.33 Å². The number of aromatic nitrogens is 3. The Hall–Kier alpha value is -2.16. The highest BCUT2D eigenvalue weighted by atomic mass is 16.5. The van der Waals surface area contributed by atoms with Crippen LogP contribution >= 0.6 is 0 Å². The summed E-state index contributed by atoms with van der Waals surface area (Å²) in [6.07, 6.45) is 1.76. The molecule has 0 spiro atoms. The van der Waals surface area contributed by atoms with Crippen LogP contribution in [0.5, 0.6) is 0 Å². The molecule has 104 valence electrons. The van der Waals surface area contributed by atoms with Gasteiger partial charge in [0, 0.05) is 20.1 Å². The quantitative estimate of drug-likeness (QED) is 0.635. The molecule has 1 aliphatic rings. The third kappa shape index (κ3) is 2.99. The van der Waals surface area contributed by atoms with E-state index < -0.39 is 17.5 Å². The van der Waals surface area contributed by atoms with Crippen molar-refractivity contribution in [2.45, 2.75) is 18.5 Å². The molecule has 1 saturated heterocycles. The number of carboxylic acids is 1. The summed E-state index contributed by atoms with van der Waals surface area (Å²) in [6.45, 7) is 0.412. The van der Waals surface area contributed by atoms with Crippen LogP contribution in [0, 0.1) is 0 Å². The molecule has 1 aliphatic heterocycles. The van der Waals surface area contributed by atoms with Gasteiger partial charge in [-0.25, -0.2) is 14.6 Å². The van der Waals surface area contributed by atoms with E-state index in [-0.39, 0.29) is 19.6 Å². The Morgan fingerprint density at radius 2 is 2.42 bits per heavy atom. The number of rotatable bonds is 4. The summed E-state index contributed by atoms with van der Waals surface area (Å²) < 4.78 is 6.55. The van der Waals surface area contributed by atoms with Gasteiger partial charge in [0.25, 0.3) is 0 Å². The molecule has 2 heterocycles. The molecule has 3 N–H and O–H groups in total. The van der Waals surface area contributed by atoms with Crippen molar-refractivity contribution >= 4 is 12.0 Å². The number of aliphatic carboxylic acids is 1. The van der Waals surface area contributed by atoms with Crippen molar-refractivity contribution in [3.05, 3.63) is 12.2 Å². The molecule has 0 bridgehead atoms. The number of hydrogen-bond acceptors (Lipinski definition) is 5. The van der Waals surface area contributed by atoms with Crippen LogP contribution in [0.4, 0.5) is 4.79 Å². The maximum atomic E-state index is 11.7. The lowest BCUT2D eigenvalue weighted by Gasteiger charge is -2.23. The first-order chi connectivity index (χ1) is 9.02. The van der Waals surface area contributed by atoms with Gasteiger partial charge in [0.1, 0.15) is 6.33 Å². The average Bonchev–Trinajstić information content (AvgIpc) is 2.97. The van der Waals surface area contributed by atoms with E-state index in [1.54, 1.807) is 7.05 Å². The Balaban J connectivity index is 1.88. The summed E-state index contributed by atoms with van der Waals surface area (Å²) in [7, 11) is 1.71. The predicted octanol–water partition coefficient (Wildman–Crippen LogP) is -1.14. The second-order valence-electron chi connectivity index (χ2n) is 4.33. The van der Waals surface area contributed by atoms with Crippen LogP contribution in [0.25, 0.3) is 0 Å². The maximum absolute atomic E-state index is 11.7. The van der Waals surface area contributed by atoms with E-state index in [9.17, 15) is 9.59 Å². The van der Waals surface area contributed by atoms with Crippen LogP contribution in [-0.2, 0) is 23.1 Å². The summed E-state index contributed by atoms with van der Waals surface area (Å²) in [5.74, 6) is -0.652. The lowest BCUT2D eigenvalue weighted by molar-refractivity contribution is -0.144. The SMILES string of the molecule is Cn1cnc(CNC(=O)NC2(C(=O)O)CCOC2)n1. The van der Waals surface area contributed by atoms with Crippen LogP contribution in [0.1, 0.15) is 12.2 Å². The molecule has 0 radical (unpaired) electrons. The van der Waals surface area contributed by atoms with Gasteiger partial charge in [0.2, 0.25) is 0 Å². The molecule has 0 aliphatic carbocycles. The third-order valence-electron chi connectivity index (χ3n) is 2.84. The molecule has 1 unspecified atom stereocenters. The number of nitrogens with zero attached hydrogens (tertiary/aromatic N) is 3. The Morgan fingerprint density at radius 1 is 1.63 bits per heavy atom. The molecule has 1 fully saturated rings. The molecule has 2 amide bonds. The first-order valence-electron chi connectivity index (χ1n) is 5.73. The largest absolute Gasteiger partial charge is 0.479 e. The van der Waals surface area contributed by atoms with Gasteiger partial charge in [-0.05, 0) is 0 Å². The topological polar surface area (TPSA) is 118 Å². The molecule has 9 heteroatoms. The number of aryl methyl sites for hydroxylation is 1. The minimum atomic E-state index is -1.35. The van der Waals surface area contributed by atoms with Crippen molar-refractivity contribution in [1.82, 2.24) is 25.4 Å². The van der Waals surface area contributed by atoms with Crippen molar-refractivity contribution in [3.63, 3.8) is 0 Å². The first-order valence-corrected chi connectivity index (χ1v) is 5.73. The second-order valence-corrected chi connectivity index (χ2v) is 4.33. The predicted molar refractivity (Wildman–Crippen MR) is 62.2 cm³/mol. The first kappa shape index (κ1) is 13.3. The summed E-state index contributed by atoms with van der Waals surface area (Å²) in [5.41, 5.74) is -1.35. The highest BCUT2D eigenvalue weighted by Crippen LogP contribution is 2.18. The van der Waals surface area contributed by atoms with Crippen molar-refractivity contribution < 1.29 is 19.4 Å². The van der Waals surface area contributed by atoms with E-state index in [0.29, 0.717) is 12.4 Å². The Morgan fingerprint density at radius 3 is 2.95 bits per heavy atom. The van der Waals surface area contributed by atoms with Crippen molar-refractivity contribution in [1.29, 1.82) is 0 Å². The number of nitrogens with one attached hydrogen (secondary N) is 2. The Labute approximate surface area is 109 Å². The summed E-state index contributed by atoms with van der Waals surface area (Å²) in [4.78, 5) is 26.8. The number of amides is 2. The van der Waals surface area contributed by atoms with Gasteiger partial charge in [-0.15, -0.1) is 0 Å². The number of carbonyl (C=O) groups excluding carboxylic acids is 1. The van der Waals surface area contributed by atoms with Gasteiger partial charge in [-0.1, -0.05) is 0 Å². The molecule has 2 rings (SSSR count). The van der Waals surface area contributed by atoms with Gasteiger partial charge < -0.3 is 20.5 Å². The molecular formula is C10H15N5O4. The van der Waals surface area contributed by atoms with E-state index in [2.05, 4.69) is 20.7 Å². The lowest BCUT2D eigenvalue weighted by atomic mass is 9.99. The monoisotopic (exact) mass is 269 g/mol. The van der Waals surface area contributed by atoms with Gasteiger partial charge in [-0.3, -0.25) is 4.68 Å². The lowest BCUT2D eigenvalue weighted by Crippen LogP contribution is -2.57. The van der Waals surface area contributed by atoms with Crippen LogP contribution in [0.3, 0.4) is 0 Å². The summed E-state index contributed by atoms with van der Waals surface area (Å²) in [6, 6.07) is -0.583. The number of hydrogen-bond donors (Lipinski definition) is 3. The molecular weight excluding hydrogens is 254 g/mol. The van der Waals surface area contributed by atoms with E-state index in [0.717, 1.165) is 0 Å². The molecule has 19 heavy (non-hydrogen) atoms. The second kappa shape index (κ2) is 5.22. The van der Waals surface area contributed by atoms with Crippen LogP contribution in [-0.4, -0.2) is 50.6 Å². The summed E-state index contributed by atoms with van der Waals surface area (Å²) in [5, 5.41) is 18.1. The molecule has 1 atom stereocenters. The Kier molecular flexibility index (Phi) is 3.65. The normalized spacial score (nSPS) is 22.2. The van der Waals surface area contributed by atoms with Crippen LogP contribution < -0.4 is 10.6 Å². The van der Waals surface area contributed by atoms with E-state index in [1.165, 1.54) is 11.0 Å². The van der Waals surface area contributed by atoms with E-state index >= 15 is 0 Å². The standard InChI is InChI=1S/C10H15N5O4/c1-15-6-12-7(14-15)4-11-9(18)13-10(8(16)17)2-3-19-5-10/h6H,2-5H2,1H3,(H,16,17)(H2,11,13,18). The van der Waals surface area contributed by atoms with Gasteiger partial charge >= 0.3 is 12.0 Å². The number of carboxylic acid groups (broad SMARTS) is 1. The zero-order valence-electron chi connectivity index (χ0n) is 10.4. The number of urea groups is 1. The summed E-state index contributed by atoms with van der Waals surface area (Å²) >= 11 is 0. The fraction of sp³-hybridized carbons (Fsp3) is 0.600. The fourth-order valence-corrected chi connectivity index (χ4v) is 1.77. The van der Waals surface area contributed by atoms with Gasteiger partial charge in [0.05, 0.1) is 13.2 Å². The minimum absolute atomic E-state index is 0.0302. The minimum Gasteiger partial charge on any atom is -0.479 e. The van der Waals surface area contributed by atoms with E-state index in [4.69, 9.17) is 9.84 Å². The Bertz CT molecular complexity index is 480. The smallest absolute Gasteiger partial charge is 0.332 e. The maximum Gasteiger partial charge on any atom is 0.332 e. The van der Waals surface area contributed by atoms with Gasteiger partial charge in [-0.2, -0.15) is 5.10 Å². The van der Waals surface area contributed by atoms with Crippen molar-refractivity contribution in [2.75, 3.05) is 13.2 Å². The third-order valence-corrected chi connectivity index (χ3v) is 2.84. The van der Waals surface area contributed by atoms with Crippen LogP contribution in [0.2, 0.25) is 0 Å². The zero-order valence-corrected chi connectivity index (χ0v) is 10.4. The molecule has 9 nitrogen and oxygen atoms in total. The molecule has 0 saturated carbocycles. The molecule has 1 aromatic rings. The number of ether oxygens (including phenoxy) is 1. The van der Waals surface area contributed by atoms with Crippen molar-refractivity contribution in [2.24, 2.45) is 7.05 Å². The highest BCUT2D eigenvalue weighted by Gasteiger charge is 2.43. The van der Waals surface area contributed by atoms with E-state index in [1.807, 2.05) is 0 Å². The van der Waals surface area contributed by atoms with Crippen molar-refractivity contribution in [3.8, 4) is 0 Å². The van der Waals surface area contributed by atoms with Gasteiger partial charge in [0.15, 0.2) is 11.4 Å².